The van der Waals surface area contributed by atoms with Crippen LogP contribution in [-0.2, 0) is 0 Å². The highest BCUT2D eigenvalue weighted by Gasteiger charge is 2.10. The summed E-state index contributed by atoms with van der Waals surface area (Å²) in [5.41, 5.74) is 0.901. The van der Waals surface area contributed by atoms with Crippen molar-refractivity contribution in [3.8, 4) is 17.7 Å². The van der Waals surface area contributed by atoms with Gasteiger partial charge in [-0.15, -0.1) is 4.91 Å². The molecule has 0 saturated heterocycles. The number of hydrogen-bond acceptors (Lipinski definition) is 6. The summed E-state index contributed by atoms with van der Waals surface area (Å²) in [6.45, 7) is 1.77. The molecule has 0 saturated carbocycles. The Hall–Kier alpha value is -2.81. The Kier molecular flexibility index (Phi) is 3.25. The van der Waals surface area contributed by atoms with Crippen molar-refractivity contribution in [3.63, 3.8) is 0 Å². The topological polar surface area (TPSA) is 88.2 Å². The molecule has 0 aliphatic heterocycles. The van der Waals surface area contributed by atoms with Crippen molar-refractivity contribution in [2.75, 3.05) is 0 Å². The largest absolute Gasteiger partial charge is 0.435 e. The minimum absolute atomic E-state index is 0.0164. The summed E-state index contributed by atoms with van der Waals surface area (Å²) in [7, 11) is 0. The van der Waals surface area contributed by atoms with Gasteiger partial charge in [0, 0.05) is 12.4 Å². The lowest BCUT2D eigenvalue weighted by atomic mass is 10.3. The van der Waals surface area contributed by atoms with Gasteiger partial charge in [-0.2, -0.15) is 5.26 Å². The van der Waals surface area contributed by atoms with Crippen LogP contribution < -0.4 is 4.74 Å². The summed E-state index contributed by atoms with van der Waals surface area (Å²) in [4.78, 5) is 18.6. The zero-order chi connectivity index (χ0) is 13.0. The maximum absolute atomic E-state index is 10.7. The molecule has 0 unspecified atom stereocenters. The maximum Gasteiger partial charge on any atom is 0.249 e. The van der Waals surface area contributed by atoms with E-state index in [2.05, 4.69) is 15.1 Å². The molecule has 0 spiro atoms. The minimum Gasteiger partial charge on any atom is -0.435 e. The van der Waals surface area contributed by atoms with Crippen LogP contribution in [0.3, 0.4) is 0 Å². The van der Waals surface area contributed by atoms with Crippen molar-refractivity contribution in [2.24, 2.45) is 5.18 Å². The summed E-state index contributed by atoms with van der Waals surface area (Å²) in [6.07, 6.45) is 2.95. The van der Waals surface area contributed by atoms with E-state index in [9.17, 15) is 4.91 Å². The van der Waals surface area contributed by atoms with Crippen molar-refractivity contribution in [2.45, 2.75) is 6.92 Å². The highest BCUT2D eigenvalue weighted by molar-refractivity contribution is 5.52. The number of ether oxygens (including phenoxy) is 1. The molecule has 88 valence electrons. The Bertz CT molecular complexity index is 634. The van der Waals surface area contributed by atoms with Gasteiger partial charge < -0.3 is 4.74 Å². The molecule has 6 nitrogen and oxygen atoms in total. The van der Waals surface area contributed by atoms with Crippen LogP contribution in [0.25, 0.3) is 0 Å². The van der Waals surface area contributed by atoms with Gasteiger partial charge >= 0.3 is 0 Å². The van der Waals surface area contributed by atoms with E-state index in [0.717, 1.165) is 0 Å². The van der Waals surface area contributed by atoms with Gasteiger partial charge in [0.2, 0.25) is 5.88 Å². The number of aromatic nitrogens is 2. The van der Waals surface area contributed by atoms with Crippen molar-refractivity contribution in [3.05, 3.63) is 46.8 Å². The van der Waals surface area contributed by atoms with Gasteiger partial charge in [-0.1, -0.05) is 0 Å². The molecule has 2 aromatic rings. The van der Waals surface area contributed by atoms with E-state index in [-0.39, 0.29) is 17.1 Å². The Morgan fingerprint density at radius 2 is 2.28 bits per heavy atom. The SMILES string of the molecule is Cc1ncccc1Oc1ncc(C#N)cc1N=O. The van der Waals surface area contributed by atoms with Crippen LogP contribution in [0.5, 0.6) is 11.6 Å². The number of aryl methyl sites for hydroxylation is 1. The highest BCUT2D eigenvalue weighted by atomic mass is 16.5. The van der Waals surface area contributed by atoms with Gasteiger partial charge in [-0.25, -0.2) is 4.98 Å². The molecule has 0 bridgehead atoms. The molecular weight excluding hydrogens is 232 g/mol. The molecule has 0 aliphatic carbocycles. The minimum atomic E-state index is -0.0164. The molecule has 0 aliphatic rings. The van der Waals surface area contributed by atoms with E-state index < -0.39 is 0 Å². The Morgan fingerprint density at radius 3 is 2.94 bits per heavy atom. The first-order valence-corrected chi connectivity index (χ1v) is 5.07. The molecule has 2 heterocycles. The predicted octanol–water partition coefficient (Wildman–Crippen LogP) is 2.85. The van der Waals surface area contributed by atoms with Crippen LogP contribution in [0, 0.1) is 23.2 Å². The summed E-state index contributed by atoms with van der Waals surface area (Å²) < 4.78 is 5.45. The first-order chi connectivity index (χ1) is 8.74. The predicted molar refractivity (Wildman–Crippen MR) is 63.5 cm³/mol. The van der Waals surface area contributed by atoms with Crippen LogP contribution >= 0.6 is 0 Å². The second kappa shape index (κ2) is 5.01. The highest BCUT2D eigenvalue weighted by Crippen LogP contribution is 2.30. The number of rotatable bonds is 3. The van der Waals surface area contributed by atoms with Gasteiger partial charge in [-0.3, -0.25) is 4.98 Å². The van der Waals surface area contributed by atoms with E-state index in [4.69, 9.17) is 10.00 Å². The van der Waals surface area contributed by atoms with E-state index >= 15 is 0 Å². The zero-order valence-corrected chi connectivity index (χ0v) is 9.49. The monoisotopic (exact) mass is 240 g/mol. The van der Waals surface area contributed by atoms with Crippen LogP contribution in [-0.4, -0.2) is 9.97 Å². The lowest BCUT2D eigenvalue weighted by Gasteiger charge is -2.07. The molecule has 0 aromatic carbocycles. The molecule has 18 heavy (non-hydrogen) atoms. The number of hydrogen-bond donors (Lipinski definition) is 0. The van der Waals surface area contributed by atoms with Crippen molar-refractivity contribution >= 4 is 5.69 Å². The molecule has 0 atom stereocenters. The average molecular weight is 240 g/mol. The quantitative estimate of drug-likeness (QED) is 0.769. The lowest BCUT2D eigenvalue weighted by Crippen LogP contribution is -1.92. The van der Waals surface area contributed by atoms with E-state index in [0.29, 0.717) is 11.4 Å². The Labute approximate surface area is 103 Å². The first-order valence-electron chi connectivity index (χ1n) is 5.07. The zero-order valence-electron chi connectivity index (χ0n) is 9.49. The number of pyridine rings is 2. The fraction of sp³-hybridized carbons (Fsp3) is 0.0833. The second-order valence-electron chi connectivity index (χ2n) is 3.44. The van der Waals surface area contributed by atoms with Crippen LogP contribution in [0.2, 0.25) is 0 Å². The molecule has 0 radical (unpaired) electrons. The molecule has 0 amide bonds. The van der Waals surface area contributed by atoms with Gasteiger partial charge in [0.25, 0.3) is 0 Å². The summed E-state index contributed by atoms with van der Waals surface area (Å²) in [5.74, 6) is 0.541. The van der Waals surface area contributed by atoms with Gasteiger partial charge in [-0.05, 0) is 30.3 Å². The third-order valence-electron chi connectivity index (χ3n) is 2.22. The Balaban J connectivity index is 2.38. The van der Waals surface area contributed by atoms with Gasteiger partial charge in [0.15, 0.2) is 11.4 Å². The smallest absolute Gasteiger partial charge is 0.249 e. The number of nitroso groups, excluding NO2 is 1. The molecule has 0 N–H and O–H groups in total. The third-order valence-corrected chi connectivity index (χ3v) is 2.22. The Morgan fingerprint density at radius 1 is 1.44 bits per heavy atom. The third kappa shape index (κ3) is 2.30. The average Bonchev–Trinajstić information content (AvgIpc) is 2.41. The summed E-state index contributed by atoms with van der Waals surface area (Å²) >= 11 is 0. The van der Waals surface area contributed by atoms with E-state index in [1.165, 1.54) is 12.3 Å². The maximum atomic E-state index is 10.7. The summed E-state index contributed by atoms with van der Waals surface area (Å²) in [6, 6.07) is 6.61. The van der Waals surface area contributed by atoms with Crippen LogP contribution in [0.1, 0.15) is 11.3 Å². The second-order valence-corrected chi connectivity index (χ2v) is 3.44. The van der Waals surface area contributed by atoms with Crippen LogP contribution in [0.4, 0.5) is 5.69 Å². The molecule has 0 fully saturated rings. The van der Waals surface area contributed by atoms with Gasteiger partial charge in [0.05, 0.1) is 11.3 Å². The first kappa shape index (κ1) is 11.7. The summed E-state index contributed by atoms with van der Waals surface area (Å²) in [5, 5.41) is 11.5. The number of nitriles is 1. The lowest BCUT2D eigenvalue weighted by molar-refractivity contribution is 0.458. The normalized spacial score (nSPS) is 9.56. The fourth-order valence-corrected chi connectivity index (χ4v) is 1.33. The van der Waals surface area contributed by atoms with E-state index in [1.54, 1.807) is 25.3 Å². The van der Waals surface area contributed by atoms with Gasteiger partial charge in [0.1, 0.15) is 6.07 Å². The van der Waals surface area contributed by atoms with Crippen molar-refractivity contribution in [1.82, 2.24) is 9.97 Å². The van der Waals surface area contributed by atoms with Crippen molar-refractivity contribution < 1.29 is 4.74 Å². The van der Waals surface area contributed by atoms with E-state index in [1.807, 2.05) is 6.07 Å². The molecule has 2 aromatic heterocycles. The standard InChI is InChI=1S/C12H8N4O2/c1-8-11(3-2-4-14-8)18-12-10(16-17)5-9(6-13)7-15-12/h2-5,7H,1H3. The van der Waals surface area contributed by atoms with Crippen LogP contribution in [0.15, 0.2) is 35.8 Å². The number of nitrogens with zero attached hydrogens (tertiary/aromatic N) is 4. The molecular formula is C12H8N4O2. The fourth-order valence-electron chi connectivity index (χ4n) is 1.33. The van der Waals surface area contributed by atoms with Crippen molar-refractivity contribution in [1.29, 1.82) is 5.26 Å². The molecule has 2 rings (SSSR count). The molecule has 6 heteroatoms.